The van der Waals surface area contributed by atoms with Crippen LogP contribution in [-0.4, -0.2) is 24.5 Å². The number of nitrogens with one attached hydrogen (secondary N) is 2. The van der Waals surface area contributed by atoms with Crippen molar-refractivity contribution in [1.29, 1.82) is 0 Å². The highest BCUT2D eigenvalue weighted by Crippen LogP contribution is 2.29. The highest BCUT2D eigenvalue weighted by atomic mass is 19.4. The van der Waals surface area contributed by atoms with Crippen LogP contribution in [0.1, 0.15) is 12.0 Å². The lowest BCUT2D eigenvalue weighted by Gasteiger charge is -2.17. The van der Waals surface area contributed by atoms with E-state index in [1.807, 2.05) is 0 Å². The van der Waals surface area contributed by atoms with Gasteiger partial charge in [-0.3, -0.25) is 4.79 Å². The van der Waals surface area contributed by atoms with Gasteiger partial charge in [-0.15, -0.1) is 0 Å². The fourth-order valence-corrected chi connectivity index (χ4v) is 2.79. The van der Waals surface area contributed by atoms with Crippen LogP contribution in [0.2, 0.25) is 0 Å². The number of halogens is 4. The molecule has 1 aliphatic rings. The number of benzene rings is 2. The molecule has 5 nitrogen and oxygen atoms in total. The summed E-state index contributed by atoms with van der Waals surface area (Å²) in [7, 11) is 0. The molecule has 3 amide bonds. The van der Waals surface area contributed by atoms with Crippen LogP contribution in [0.3, 0.4) is 0 Å². The lowest BCUT2D eigenvalue weighted by atomic mass is 10.2. The van der Waals surface area contributed by atoms with E-state index in [1.54, 1.807) is 6.07 Å². The SMILES string of the molecule is O=C(Nc1ccc(C(F)(F)F)cc1)N[C@@H]1CC(=O)N(c2cccc(F)c2)C1. The Bertz CT molecular complexity index is 852. The van der Waals surface area contributed by atoms with Gasteiger partial charge >= 0.3 is 12.2 Å². The monoisotopic (exact) mass is 381 g/mol. The lowest BCUT2D eigenvalue weighted by Crippen LogP contribution is -2.39. The van der Waals surface area contributed by atoms with Gasteiger partial charge in [-0.1, -0.05) is 6.07 Å². The first-order chi connectivity index (χ1) is 12.7. The van der Waals surface area contributed by atoms with Crippen molar-refractivity contribution < 1.29 is 27.2 Å². The van der Waals surface area contributed by atoms with Crippen LogP contribution in [0.5, 0.6) is 0 Å². The summed E-state index contributed by atoms with van der Waals surface area (Å²) in [6.07, 6.45) is -4.41. The molecule has 1 fully saturated rings. The minimum absolute atomic E-state index is 0.0386. The maximum absolute atomic E-state index is 13.3. The molecule has 142 valence electrons. The van der Waals surface area contributed by atoms with Crippen LogP contribution in [0.25, 0.3) is 0 Å². The van der Waals surface area contributed by atoms with Gasteiger partial charge in [-0.05, 0) is 42.5 Å². The van der Waals surface area contributed by atoms with Crippen molar-refractivity contribution in [2.75, 3.05) is 16.8 Å². The Kier molecular flexibility index (Phi) is 5.02. The van der Waals surface area contributed by atoms with Crippen molar-refractivity contribution in [3.05, 3.63) is 59.9 Å². The van der Waals surface area contributed by atoms with Gasteiger partial charge in [0.1, 0.15) is 5.82 Å². The maximum Gasteiger partial charge on any atom is 0.416 e. The van der Waals surface area contributed by atoms with E-state index >= 15 is 0 Å². The first kappa shape index (κ1) is 18.7. The maximum atomic E-state index is 13.3. The predicted molar refractivity (Wildman–Crippen MR) is 90.8 cm³/mol. The molecular formula is C18H15F4N3O2. The fraction of sp³-hybridized carbons (Fsp3) is 0.222. The van der Waals surface area contributed by atoms with E-state index in [0.29, 0.717) is 5.69 Å². The normalized spacial score (nSPS) is 17.1. The van der Waals surface area contributed by atoms with Gasteiger partial charge in [0.25, 0.3) is 0 Å². The van der Waals surface area contributed by atoms with Gasteiger partial charge in [0, 0.05) is 24.3 Å². The number of amides is 3. The minimum atomic E-state index is -4.45. The average molecular weight is 381 g/mol. The molecule has 0 aromatic heterocycles. The van der Waals surface area contributed by atoms with E-state index in [9.17, 15) is 27.2 Å². The number of rotatable bonds is 3. The standard InChI is InChI=1S/C18H15F4N3O2/c19-12-2-1-3-15(8-12)25-10-14(9-16(25)26)24-17(27)23-13-6-4-11(5-7-13)18(20,21)22/h1-8,14H,9-10H2,(H2,23,24,27)/t14-/m1/s1. The van der Waals surface area contributed by atoms with Crippen LogP contribution >= 0.6 is 0 Å². The van der Waals surface area contributed by atoms with Gasteiger partial charge in [-0.2, -0.15) is 13.2 Å². The van der Waals surface area contributed by atoms with Crippen molar-refractivity contribution in [2.45, 2.75) is 18.6 Å². The fourth-order valence-electron chi connectivity index (χ4n) is 2.79. The summed E-state index contributed by atoms with van der Waals surface area (Å²) >= 11 is 0. The molecule has 1 atom stereocenters. The largest absolute Gasteiger partial charge is 0.416 e. The number of nitrogens with zero attached hydrogens (tertiary/aromatic N) is 1. The molecule has 0 radical (unpaired) electrons. The van der Waals surface area contributed by atoms with Crippen molar-refractivity contribution in [2.24, 2.45) is 0 Å². The second-order valence-electron chi connectivity index (χ2n) is 6.06. The zero-order chi connectivity index (χ0) is 19.6. The van der Waals surface area contributed by atoms with Gasteiger partial charge in [-0.25, -0.2) is 9.18 Å². The summed E-state index contributed by atoms with van der Waals surface area (Å²) in [5.74, 6) is -0.739. The molecule has 0 saturated carbocycles. The van der Waals surface area contributed by atoms with E-state index in [4.69, 9.17) is 0 Å². The molecule has 0 aliphatic carbocycles. The Morgan fingerprint density at radius 3 is 2.44 bits per heavy atom. The molecule has 2 N–H and O–H groups in total. The first-order valence-corrected chi connectivity index (χ1v) is 8.03. The lowest BCUT2D eigenvalue weighted by molar-refractivity contribution is -0.137. The smallest absolute Gasteiger partial charge is 0.333 e. The van der Waals surface area contributed by atoms with Crippen molar-refractivity contribution in [1.82, 2.24) is 5.32 Å². The first-order valence-electron chi connectivity index (χ1n) is 8.03. The van der Waals surface area contributed by atoms with E-state index < -0.39 is 29.6 Å². The van der Waals surface area contributed by atoms with Crippen molar-refractivity contribution in [3.63, 3.8) is 0 Å². The summed E-state index contributed by atoms with van der Waals surface area (Å²) in [5.41, 5.74) is -0.236. The summed E-state index contributed by atoms with van der Waals surface area (Å²) in [5, 5.41) is 5.01. The molecule has 3 rings (SSSR count). The molecule has 0 bridgehead atoms. The summed E-state index contributed by atoms with van der Waals surface area (Å²) in [4.78, 5) is 25.5. The second kappa shape index (κ2) is 7.26. The molecule has 0 spiro atoms. The van der Waals surface area contributed by atoms with Gasteiger partial charge in [0.2, 0.25) is 5.91 Å². The summed E-state index contributed by atoms with van der Waals surface area (Å²) < 4.78 is 50.9. The molecule has 27 heavy (non-hydrogen) atoms. The van der Waals surface area contributed by atoms with Crippen LogP contribution in [-0.2, 0) is 11.0 Å². The van der Waals surface area contributed by atoms with Crippen LogP contribution in [0.15, 0.2) is 48.5 Å². The van der Waals surface area contributed by atoms with Gasteiger partial charge in [0.05, 0.1) is 11.6 Å². The molecular weight excluding hydrogens is 366 g/mol. The Morgan fingerprint density at radius 2 is 1.81 bits per heavy atom. The van der Waals surface area contributed by atoms with E-state index in [0.717, 1.165) is 24.3 Å². The minimum Gasteiger partial charge on any atom is -0.333 e. The molecule has 2 aromatic rings. The van der Waals surface area contributed by atoms with E-state index in [2.05, 4.69) is 10.6 Å². The average Bonchev–Trinajstić information content (AvgIpc) is 2.94. The third-order valence-electron chi connectivity index (χ3n) is 4.05. The van der Waals surface area contributed by atoms with Crippen molar-refractivity contribution in [3.8, 4) is 0 Å². The van der Waals surface area contributed by atoms with Gasteiger partial charge in [0.15, 0.2) is 0 Å². The predicted octanol–water partition coefficient (Wildman–Crippen LogP) is 3.77. The Labute approximate surface area is 152 Å². The Morgan fingerprint density at radius 1 is 1.11 bits per heavy atom. The second-order valence-corrected chi connectivity index (χ2v) is 6.06. The Hall–Kier alpha value is -3.10. The highest BCUT2D eigenvalue weighted by Gasteiger charge is 2.32. The quantitative estimate of drug-likeness (QED) is 0.795. The van der Waals surface area contributed by atoms with E-state index in [1.165, 1.54) is 23.1 Å². The van der Waals surface area contributed by atoms with Crippen molar-refractivity contribution >= 4 is 23.3 Å². The third-order valence-corrected chi connectivity index (χ3v) is 4.05. The molecule has 2 aromatic carbocycles. The summed E-state index contributed by atoms with van der Waals surface area (Å²) in [6, 6.07) is 8.41. The molecule has 1 heterocycles. The number of carbonyl (C=O) groups excluding carboxylic acids is 2. The van der Waals surface area contributed by atoms with Crippen LogP contribution in [0.4, 0.5) is 33.7 Å². The molecule has 0 unspecified atom stereocenters. The number of carbonyl (C=O) groups is 2. The summed E-state index contributed by atoms with van der Waals surface area (Å²) in [6.45, 7) is 0.169. The van der Waals surface area contributed by atoms with E-state index in [-0.39, 0.29) is 24.6 Å². The number of hydrogen-bond acceptors (Lipinski definition) is 2. The number of anilines is 2. The number of hydrogen-bond donors (Lipinski definition) is 2. The van der Waals surface area contributed by atoms with Gasteiger partial charge < -0.3 is 15.5 Å². The Balaban J connectivity index is 1.58. The number of urea groups is 1. The topological polar surface area (TPSA) is 61.4 Å². The van der Waals surface area contributed by atoms with Crippen LogP contribution < -0.4 is 15.5 Å². The zero-order valence-electron chi connectivity index (χ0n) is 13.9. The zero-order valence-corrected chi connectivity index (χ0v) is 13.9. The third kappa shape index (κ3) is 4.55. The number of alkyl halides is 3. The molecule has 1 saturated heterocycles. The van der Waals surface area contributed by atoms with Crippen LogP contribution in [0, 0.1) is 5.82 Å². The molecule has 1 aliphatic heterocycles. The molecule has 9 heteroatoms. The highest BCUT2D eigenvalue weighted by molar-refractivity contribution is 5.97.